The van der Waals surface area contributed by atoms with E-state index in [4.69, 9.17) is 4.74 Å². The van der Waals surface area contributed by atoms with E-state index < -0.39 is 0 Å². The second-order valence-electron chi connectivity index (χ2n) is 5.46. The van der Waals surface area contributed by atoms with E-state index in [-0.39, 0.29) is 0 Å². The number of halogens is 1. The molecular formula is C18H19BrO. The normalized spacial score (nSPS) is 14.1. The lowest BCUT2D eigenvalue weighted by Crippen LogP contribution is -2.03. The summed E-state index contributed by atoms with van der Waals surface area (Å²) in [6.07, 6.45) is 4.31. The van der Waals surface area contributed by atoms with Gasteiger partial charge in [0.25, 0.3) is 0 Å². The summed E-state index contributed by atoms with van der Waals surface area (Å²) in [4.78, 5) is 0. The van der Waals surface area contributed by atoms with Crippen LogP contribution in [0.25, 0.3) is 0 Å². The van der Waals surface area contributed by atoms with Gasteiger partial charge in [-0.25, -0.2) is 0 Å². The maximum Gasteiger partial charge on any atom is 0.0715 e. The molecule has 4 bridgehead atoms. The monoisotopic (exact) mass is 330 g/mol. The van der Waals surface area contributed by atoms with E-state index in [9.17, 15) is 0 Å². The first-order chi connectivity index (χ1) is 9.76. The summed E-state index contributed by atoms with van der Waals surface area (Å²) in [5.41, 5.74) is 6.95. The molecule has 0 aliphatic heterocycles. The number of hydrogen-bond donors (Lipinski definition) is 0. The van der Waals surface area contributed by atoms with Gasteiger partial charge in [0.15, 0.2) is 0 Å². The quantitative estimate of drug-likeness (QED) is 0.788. The largest absolute Gasteiger partial charge is 0.380 e. The van der Waals surface area contributed by atoms with Crippen LogP contribution in [0.4, 0.5) is 0 Å². The summed E-state index contributed by atoms with van der Waals surface area (Å²) in [5, 5.41) is 0. The van der Waals surface area contributed by atoms with Crippen LogP contribution in [0, 0.1) is 0 Å². The second kappa shape index (κ2) is 6.11. The molecule has 20 heavy (non-hydrogen) atoms. The van der Waals surface area contributed by atoms with Crippen molar-refractivity contribution in [1.82, 2.24) is 0 Å². The molecule has 0 saturated carbocycles. The Morgan fingerprint density at radius 2 is 1.55 bits per heavy atom. The van der Waals surface area contributed by atoms with Crippen LogP contribution in [0.2, 0.25) is 0 Å². The molecule has 4 aliphatic carbocycles. The molecule has 0 heterocycles. The van der Waals surface area contributed by atoms with Crippen molar-refractivity contribution in [1.29, 1.82) is 0 Å². The molecule has 0 unspecified atom stereocenters. The highest BCUT2D eigenvalue weighted by molar-refractivity contribution is 9.10. The average molecular weight is 331 g/mol. The molecule has 2 aromatic rings. The van der Waals surface area contributed by atoms with Gasteiger partial charge in [0.05, 0.1) is 6.61 Å². The van der Waals surface area contributed by atoms with Gasteiger partial charge in [-0.2, -0.15) is 0 Å². The van der Waals surface area contributed by atoms with Crippen molar-refractivity contribution in [2.24, 2.45) is 0 Å². The third-order valence-corrected chi connectivity index (χ3v) is 4.79. The van der Waals surface area contributed by atoms with Crippen molar-refractivity contribution in [3.8, 4) is 0 Å². The van der Waals surface area contributed by atoms with Gasteiger partial charge in [-0.1, -0.05) is 46.3 Å². The number of rotatable bonds is 2. The van der Waals surface area contributed by atoms with Crippen molar-refractivity contribution < 1.29 is 4.74 Å². The molecule has 6 rings (SSSR count). The number of hydrogen-bond acceptors (Lipinski definition) is 1. The minimum Gasteiger partial charge on any atom is -0.380 e. The number of methoxy groups -OCH3 is 1. The Hall–Kier alpha value is -1.12. The minimum atomic E-state index is 0.710. The highest BCUT2D eigenvalue weighted by Crippen LogP contribution is 2.24. The predicted molar refractivity (Wildman–Crippen MR) is 86.1 cm³/mol. The van der Waals surface area contributed by atoms with Gasteiger partial charge >= 0.3 is 0 Å². The molecule has 0 amide bonds. The molecular weight excluding hydrogens is 312 g/mol. The predicted octanol–water partition coefficient (Wildman–Crippen LogP) is 4.48. The Kier molecular flexibility index (Phi) is 4.23. The molecule has 0 fully saturated rings. The maximum atomic E-state index is 5.36. The third-order valence-electron chi connectivity index (χ3n) is 4.05. The van der Waals surface area contributed by atoms with Crippen LogP contribution in [0.5, 0.6) is 0 Å². The number of aryl methyl sites for hydroxylation is 4. The van der Waals surface area contributed by atoms with Gasteiger partial charge in [0.1, 0.15) is 0 Å². The highest BCUT2D eigenvalue weighted by Gasteiger charge is 2.09. The first-order valence-corrected chi connectivity index (χ1v) is 7.92. The van der Waals surface area contributed by atoms with Crippen molar-refractivity contribution in [3.63, 3.8) is 0 Å². The summed E-state index contributed by atoms with van der Waals surface area (Å²) in [5.74, 6) is 0. The first kappa shape index (κ1) is 13.8. The fourth-order valence-corrected chi connectivity index (χ4v) is 3.50. The molecule has 4 aliphatic rings. The summed E-state index contributed by atoms with van der Waals surface area (Å²) < 4.78 is 6.61. The molecule has 0 atom stereocenters. The number of ether oxygens (including phenoxy) is 1. The fourth-order valence-electron chi connectivity index (χ4n) is 2.88. The lowest BCUT2D eigenvalue weighted by atomic mass is 9.93. The van der Waals surface area contributed by atoms with Gasteiger partial charge in [-0.3, -0.25) is 0 Å². The van der Waals surface area contributed by atoms with E-state index in [2.05, 4.69) is 52.3 Å². The standard InChI is InChI=1S/C18H19BrO/c1-20-12-17-10-13-2-3-14-5-7-16(18(19)11-14)9-8-15(17)6-4-13/h4-7,10-11H,2-3,8-9,12H2,1H3. The lowest BCUT2D eigenvalue weighted by molar-refractivity contribution is 0.184. The third kappa shape index (κ3) is 2.97. The number of benzene rings is 2. The van der Waals surface area contributed by atoms with Crippen LogP contribution in [0.15, 0.2) is 40.9 Å². The van der Waals surface area contributed by atoms with Crippen molar-refractivity contribution >= 4 is 15.9 Å². The lowest BCUT2D eigenvalue weighted by Gasteiger charge is -2.15. The smallest absolute Gasteiger partial charge is 0.0715 e. The molecule has 2 heteroatoms. The van der Waals surface area contributed by atoms with Gasteiger partial charge in [-0.15, -0.1) is 0 Å². The van der Waals surface area contributed by atoms with Crippen LogP contribution < -0.4 is 0 Å². The van der Waals surface area contributed by atoms with E-state index in [0.717, 1.165) is 25.7 Å². The Bertz CT molecular complexity index is 619. The first-order valence-electron chi connectivity index (χ1n) is 7.13. The summed E-state index contributed by atoms with van der Waals surface area (Å²) >= 11 is 3.71. The Balaban J connectivity index is 1.99. The van der Waals surface area contributed by atoms with Crippen molar-refractivity contribution in [2.75, 3.05) is 7.11 Å². The Morgan fingerprint density at radius 1 is 0.900 bits per heavy atom. The zero-order valence-electron chi connectivity index (χ0n) is 11.8. The maximum absolute atomic E-state index is 5.36. The SMILES string of the molecule is COCc1cc2ccc1CCc1ccc(cc1Br)CC2. The van der Waals surface area contributed by atoms with Gasteiger partial charge in [0.2, 0.25) is 0 Å². The Labute approximate surface area is 129 Å². The van der Waals surface area contributed by atoms with Crippen LogP contribution in [0.3, 0.4) is 0 Å². The van der Waals surface area contributed by atoms with Gasteiger partial charge in [0, 0.05) is 11.6 Å². The van der Waals surface area contributed by atoms with Crippen LogP contribution in [-0.4, -0.2) is 7.11 Å². The van der Waals surface area contributed by atoms with Crippen LogP contribution in [0.1, 0.15) is 27.8 Å². The van der Waals surface area contributed by atoms with E-state index in [1.807, 2.05) is 0 Å². The van der Waals surface area contributed by atoms with E-state index in [1.165, 1.54) is 32.3 Å². The zero-order valence-corrected chi connectivity index (χ0v) is 13.4. The van der Waals surface area contributed by atoms with Gasteiger partial charge in [-0.05, 0) is 59.6 Å². The summed E-state index contributed by atoms with van der Waals surface area (Å²) in [7, 11) is 1.77. The van der Waals surface area contributed by atoms with Crippen molar-refractivity contribution in [2.45, 2.75) is 32.3 Å². The molecule has 0 aromatic heterocycles. The molecule has 0 spiro atoms. The van der Waals surface area contributed by atoms with E-state index >= 15 is 0 Å². The van der Waals surface area contributed by atoms with Crippen LogP contribution in [-0.2, 0) is 37.0 Å². The summed E-state index contributed by atoms with van der Waals surface area (Å²) in [6.45, 7) is 0.710. The van der Waals surface area contributed by atoms with E-state index in [0.29, 0.717) is 6.61 Å². The molecule has 0 saturated heterocycles. The van der Waals surface area contributed by atoms with Gasteiger partial charge < -0.3 is 4.74 Å². The highest BCUT2D eigenvalue weighted by atomic mass is 79.9. The minimum absolute atomic E-state index is 0.710. The fraction of sp³-hybridized carbons (Fsp3) is 0.333. The molecule has 0 N–H and O–H groups in total. The molecule has 0 radical (unpaired) electrons. The average Bonchev–Trinajstić information content (AvgIpc) is 2.43. The topological polar surface area (TPSA) is 9.23 Å². The van der Waals surface area contributed by atoms with E-state index in [1.54, 1.807) is 7.11 Å². The zero-order chi connectivity index (χ0) is 13.9. The molecule has 104 valence electrons. The van der Waals surface area contributed by atoms with Crippen LogP contribution >= 0.6 is 15.9 Å². The van der Waals surface area contributed by atoms with Crippen molar-refractivity contribution in [3.05, 3.63) is 68.7 Å². The molecule has 1 nitrogen and oxygen atoms in total. The second-order valence-corrected chi connectivity index (χ2v) is 6.32. The molecule has 2 aromatic carbocycles. The Morgan fingerprint density at radius 3 is 2.25 bits per heavy atom. The summed E-state index contributed by atoms with van der Waals surface area (Å²) in [6, 6.07) is 13.7.